The lowest BCUT2D eigenvalue weighted by molar-refractivity contribution is 0.307. The van der Waals surface area contributed by atoms with Crippen molar-refractivity contribution < 1.29 is 13.2 Å². The number of aromatic nitrogens is 2. The number of nitrogens with zero attached hydrogens (tertiary/aromatic N) is 2. The Morgan fingerprint density at radius 2 is 1.65 bits per heavy atom. The minimum atomic E-state index is -3.69. The zero-order chi connectivity index (χ0) is 18.4. The summed E-state index contributed by atoms with van der Waals surface area (Å²) in [6, 6.07) is 19.4. The molecule has 3 aromatic rings. The zero-order valence-electron chi connectivity index (χ0n) is 13.7. The van der Waals surface area contributed by atoms with E-state index in [9.17, 15) is 8.42 Å². The van der Waals surface area contributed by atoms with Gasteiger partial charge in [0.25, 0.3) is 0 Å². The number of benzene rings is 2. The second-order valence-corrected chi connectivity index (χ2v) is 7.44. The van der Waals surface area contributed by atoms with Crippen molar-refractivity contribution in [3.05, 3.63) is 71.8 Å². The lowest BCUT2D eigenvalue weighted by atomic mass is 10.1. The van der Waals surface area contributed by atoms with Gasteiger partial charge in [0.2, 0.25) is 15.9 Å². The van der Waals surface area contributed by atoms with Crippen molar-refractivity contribution in [2.75, 3.05) is 13.2 Å². The highest BCUT2D eigenvalue weighted by molar-refractivity contribution is 7.89. The lowest BCUT2D eigenvalue weighted by Gasteiger charge is -2.09. The van der Waals surface area contributed by atoms with E-state index in [0.29, 0.717) is 5.88 Å². The molecule has 1 heterocycles. The molecule has 0 amide bonds. The Bertz CT molecular complexity index is 964. The molecule has 0 aliphatic rings. The average Bonchev–Trinajstić information content (AvgIpc) is 2.67. The van der Waals surface area contributed by atoms with Crippen molar-refractivity contribution in [1.82, 2.24) is 14.9 Å². The van der Waals surface area contributed by atoms with Crippen LogP contribution in [-0.4, -0.2) is 31.8 Å². The van der Waals surface area contributed by atoms with Crippen LogP contribution in [0.25, 0.3) is 11.3 Å². The van der Waals surface area contributed by atoms with Gasteiger partial charge in [0.15, 0.2) is 0 Å². The maximum absolute atomic E-state index is 12.2. The summed E-state index contributed by atoms with van der Waals surface area (Å²) in [5.74, 6) is 0.321. The van der Waals surface area contributed by atoms with Crippen LogP contribution in [0.3, 0.4) is 0 Å². The topological polar surface area (TPSA) is 81.2 Å². The first-order valence-corrected chi connectivity index (χ1v) is 9.68. The van der Waals surface area contributed by atoms with Crippen LogP contribution in [0.2, 0.25) is 5.02 Å². The van der Waals surface area contributed by atoms with Gasteiger partial charge in [-0.25, -0.2) is 13.1 Å². The molecule has 8 heteroatoms. The molecule has 0 atom stereocenters. The third-order valence-electron chi connectivity index (χ3n) is 3.48. The van der Waals surface area contributed by atoms with Gasteiger partial charge >= 0.3 is 0 Å². The average molecular weight is 390 g/mol. The Morgan fingerprint density at radius 3 is 2.35 bits per heavy atom. The SMILES string of the molecule is O=S(=O)(NCCOc1ccc(-c2ccccc2)nn1)c1ccccc1Cl. The molecular formula is C18H16ClN3O3S. The van der Waals surface area contributed by atoms with E-state index in [1.54, 1.807) is 24.3 Å². The highest BCUT2D eigenvalue weighted by Crippen LogP contribution is 2.20. The first-order chi connectivity index (χ1) is 12.6. The third-order valence-corrected chi connectivity index (χ3v) is 5.44. The molecule has 1 N–H and O–H groups in total. The number of ether oxygens (including phenoxy) is 1. The normalized spacial score (nSPS) is 11.3. The van der Waals surface area contributed by atoms with Gasteiger partial charge in [0.1, 0.15) is 11.5 Å². The number of hydrogen-bond donors (Lipinski definition) is 1. The van der Waals surface area contributed by atoms with Crippen LogP contribution in [0.5, 0.6) is 5.88 Å². The fourth-order valence-corrected chi connectivity index (χ4v) is 3.76. The standard InChI is InChI=1S/C18H16ClN3O3S/c19-15-8-4-5-9-17(15)26(23,24)20-12-13-25-18-11-10-16(21-22-18)14-6-2-1-3-7-14/h1-11,20H,12-13H2. The monoisotopic (exact) mass is 389 g/mol. The molecule has 134 valence electrons. The molecular weight excluding hydrogens is 374 g/mol. The summed E-state index contributed by atoms with van der Waals surface area (Å²) in [5.41, 5.74) is 1.69. The van der Waals surface area contributed by atoms with Gasteiger partial charge in [0.05, 0.1) is 10.7 Å². The van der Waals surface area contributed by atoms with E-state index < -0.39 is 10.0 Å². The number of hydrogen-bond acceptors (Lipinski definition) is 5. The summed E-state index contributed by atoms with van der Waals surface area (Å²) in [6.07, 6.45) is 0. The Labute approximate surface area is 156 Å². The smallest absolute Gasteiger partial charge is 0.242 e. The summed E-state index contributed by atoms with van der Waals surface area (Å²) in [5, 5.41) is 8.27. The molecule has 0 saturated carbocycles. The van der Waals surface area contributed by atoms with Crippen molar-refractivity contribution in [1.29, 1.82) is 0 Å². The van der Waals surface area contributed by atoms with Gasteiger partial charge in [-0.1, -0.05) is 54.1 Å². The van der Waals surface area contributed by atoms with Crippen LogP contribution >= 0.6 is 11.6 Å². The highest BCUT2D eigenvalue weighted by atomic mass is 35.5. The number of sulfonamides is 1. The van der Waals surface area contributed by atoms with E-state index in [1.165, 1.54) is 12.1 Å². The molecule has 2 aromatic carbocycles. The van der Waals surface area contributed by atoms with Gasteiger partial charge < -0.3 is 4.74 Å². The second kappa shape index (κ2) is 8.27. The Morgan fingerprint density at radius 1 is 0.923 bits per heavy atom. The van der Waals surface area contributed by atoms with Crippen LogP contribution in [0.4, 0.5) is 0 Å². The van der Waals surface area contributed by atoms with Gasteiger partial charge in [-0.2, -0.15) is 0 Å². The Kier molecular flexibility index (Phi) is 5.82. The maximum Gasteiger partial charge on any atom is 0.242 e. The molecule has 0 aliphatic carbocycles. The second-order valence-electron chi connectivity index (χ2n) is 5.30. The van der Waals surface area contributed by atoms with Crippen molar-refractivity contribution >= 4 is 21.6 Å². The predicted octanol–water partition coefficient (Wildman–Crippen LogP) is 3.15. The van der Waals surface area contributed by atoms with E-state index in [0.717, 1.165) is 11.3 Å². The summed E-state index contributed by atoms with van der Waals surface area (Å²) in [4.78, 5) is 0.0358. The number of nitrogens with one attached hydrogen (secondary N) is 1. The molecule has 0 saturated heterocycles. The lowest BCUT2D eigenvalue weighted by Crippen LogP contribution is -2.28. The molecule has 0 unspecified atom stereocenters. The first kappa shape index (κ1) is 18.3. The molecule has 0 bridgehead atoms. The molecule has 0 radical (unpaired) electrons. The van der Waals surface area contributed by atoms with Gasteiger partial charge in [-0.3, -0.25) is 0 Å². The molecule has 0 spiro atoms. The first-order valence-electron chi connectivity index (χ1n) is 7.82. The van der Waals surface area contributed by atoms with E-state index in [1.807, 2.05) is 30.3 Å². The summed E-state index contributed by atoms with van der Waals surface area (Å²) in [7, 11) is -3.69. The van der Waals surface area contributed by atoms with E-state index >= 15 is 0 Å². The maximum atomic E-state index is 12.2. The largest absolute Gasteiger partial charge is 0.475 e. The number of rotatable bonds is 7. The molecule has 26 heavy (non-hydrogen) atoms. The molecule has 0 fully saturated rings. The molecule has 0 aliphatic heterocycles. The minimum Gasteiger partial charge on any atom is -0.475 e. The Hall–Kier alpha value is -2.48. The van der Waals surface area contributed by atoms with Crippen LogP contribution in [-0.2, 0) is 10.0 Å². The summed E-state index contributed by atoms with van der Waals surface area (Å²) in [6.45, 7) is 0.193. The van der Waals surface area contributed by atoms with Crippen molar-refractivity contribution in [3.63, 3.8) is 0 Å². The van der Waals surface area contributed by atoms with E-state index in [2.05, 4.69) is 14.9 Å². The van der Waals surface area contributed by atoms with Crippen LogP contribution in [0.1, 0.15) is 0 Å². The van der Waals surface area contributed by atoms with Crippen LogP contribution in [0.15, 0.2) is 71.6 Å². The highest BCUT2D eigenvalue weighted by Gasteiger charge is 2.16. The minimum absolute atomic E-state index is 0.0358. The zero-order valence-corrected chi connectivity index (χ0v) is 15.2. The van der Waals surface area contributed by atoms with Crippen molar-refractivity contribution in [2.45, 2.75) is 4.90 Å². The van der Waals surface area contributed by atoms with E-state index in [4.69, 9.17) is 16.3 Å². The fraction of sp³-hybridized carbons (Fsp3) is 0.111. The predicted molar refractivity (Wildman–Crippen MR) is 99.6 cm³/mol. The number of halogens is 1. The quantitative estimate of drug-likeness (QED) is 0.628. The molecule has 1 aromatic heterocycles. The molecule has 3 rings (SSSR count). The summed E-state index contributed by atoms with van der Waals surface area (Å²) >= 11 is 5.91. The van der Waals surface area contributed by atoms with E-state index in [-0.39, 0.29) is 23.1 Å². The van der Waals surface area contributed by atoms with Gasteiger partial charge in [0, 0.05) is 18.2 Å². The molecule has 6 nitrogen and oxygen atoms in total. The Balaban J connectivity index is 1.53. The van der Waals surface area contributed by atoms with Gasteiger partial charge in [-0.05, 0) is 18.2 Å². The van der Waals surface area contributed by atoms with Crippen molar-refractivity contribution in [2.24, 2.45) is 0 Å². The third kappa shape index (κ3) is 4.57. The van der Waals surface area contributed by atoms with Gasteiger partial charge in [-0.15, -0.1) is 10.2 Å². The van der Waals surface area contributed by atoms with Crippen LogP contribution < -0.4 is 9.46 Å². The van der Waals surface area contributed by atoms with Crippen molar-refractivity contribution in [3.8, 4) is 17.1 Å². The fourth-order valence-electron chi connectivity index (χ4n) is 2.23. The summed E-state index contributed by atoms with van der Waals surface area (Å²) < 4.78 is 32.2. The van der Waals surface area contributed by atoms with Crippen LogP contribution in [0, 0.1) is 0 Å².